The Morgan fingerprint density at radius 2 is 1.75 bits per heavy atom. The van der Waals surface area contributed by atoms with Gasteiger partial charge in [0, 0.05) is 6.42 Å². The van der Waals surface area contributed by atoms with Crippen molar-refractivity contribution in [1.82, 2.24) is 0 Å². The Balaban J connectivity index is 3.23. The quantitative estimate of drug-likeness (QED) is 0.463. The summed E-state index contributed by atoms with van der Waals surface area (Å²) in [6, 6.07) is 0. The first-order valence-corrected chi connectivity index (χ1v) is 6.45. The Morgan fingerprint density at radius 1 is 1.12 bits per heavy atom. The van der Waals surface area contributed by atoms with Crippen molar-refractivity contribution in [2.75, 3.05) is 7.11 Å². The first kappa shape index (κ1) is 15.4. The van der Waals surface area contributed by atoms with Gasteiger partial charge in [0.25, 0.3) is 0 Å². The molecule has 0 unspecified atom stereocenters. The standard InChI is InChI=1S/C13H26O3/c1-3-4-5-6-9-12(14)10-7-8-11-13(15)16-2/h12,14H,3-11H2,1-2H3/t12-/m1/s1. The lowest BCUT2D eigenvalue weighted by atomic mass is 10.0. The molecule has 3 heteroatoms. The van der Waals surface area contributed by atoms with Crippen molar-refractivity contribution < 1.29 is 14.6 Å². The van der Waals surface area contributed by atoms with E-state index in [1.165, 1.54) is 26.4 Å². The van der Waals surface area contributed by atoms with E-state index in [0.717, 1.165) is 32.1 Å². The molecule has 16 heavy (non-hydrogen) atoms. The lowest BCUT2D eigenvalue weighted by Gasteiger charge is -2.09. The molecule has 0 saturated carbocycles. The lowest BCUT2D eigenvalue weighted by molar-refractivity contribution is -0.140. The lowest BCUT2D eigenvalue weighted by Crippen LogP contribution is -2.07. The SMILES string of the molecule is CCCCCC[C@@H](O)CCCCC(=O)OC. The van der Waals surface area contributed by atoms with Crippen LogP contribution in [-0.4, -0.2) is 24.3 Å². The van der Waals surface area contributed by atoms with Gasteiger partial charge in [0.15, 0.2) is 0 Å². The van der Waals surface area contributed by atoms with Crippen molar-refractivity contribution in [2.45, 2.75) is 70.8 Å². The van der Waals surface area contributed by atoms with Crippen molar-refractivity contribution in [3.63, 3.8) is 0 Å². The fraction of sp³-hybridized carbons (Fsp3) is 0.923. The topological polar surface area (TPSA) is 46.5 Å². The van der Waals surface area contributed by atoms with Crippen LogP contribution in [0.3, 0.4) is 0 Å². The average molecular weight is 230 g/mol. The van der Waals surface area contributed by atoms with Gasteiger partial charge in [-0.1, -0.05) is 39.0 Å². The van der Waals surface area contributed by atoms with Crippen LogP contribution in [0.1, 0.15) is 64.7 Å². The molecule has 96 valence electrons. The largest absolute Gasteiger partial charge is 0.469 e. The van der Waals surface area contributed by atoms with Gasteiger partial charge >= 0.3 is 5.97 Å². The second kappa shape index (κ2) is 10.9. The predicted octanol–water partition coefficient (Wildman–Crippen LogP) is 3.05. The molecule has 0 spiro atoms. The smallest absolute Gasteiger partial charge is 0.305 e. The molecule has 1 atom stereocenters. The fourth-order valence-electron chi connectivity index (χ4n) is 1.70. The minimum atomic E-state index is -0.186. The van der Waals surface area contributed by atoms with Crippen LogP contribution in [0.2, 0.25) is 0 Å². The summed E-state index contributed by atoms with van der Waals surface area (Å²) in [6.45, 7) is 2.18. The Morgan fingerprint density at radius 3 is 2.31 bits per heavy atom. The van der Waals surface area contributed by atoms with Gasteiger partial charge in [0.1, 0.15) is 0 Å². The number of unbranched alkanes of at least 4 members (excludes halogenated alkanes) is 4. The van der Waals surface area contributed by atoms with E-state index in [4.69, 9.17) is 0 Å². The van der Waals surface area contributed by atoms with Crippen molar-refractivity contribution >= 4 is 5.97 Å². The first-order valence-electron chi connectivity index (χ1n) is 6.45. The van der Waals surface area contributed by atoms with Crippen LogP contribution in [0.25, 0.3) is 0 Å². The molecule has 0 aromatic carbocycles. The van der Waals surface area contributed by atoms with Gasteiger partial charge in [-0.2, -0.15) is 0 Å². The van der Waals surface area contributed by atoms with E-state index in [-0.39, 0.29) is 12.1 Å². The van der Waals surface area contributed by atoms with E-state index >= 15 is 0 Å². The summed E-state index contributed by atoms with van der Waals surface area (Å²) < 4.78 is 4.55. The summed E-state index contributed by atoms with van der Waals surface area (Å²) in [7, 11) is 1.41. The van der Waals surface area contributed by atoms with Crippen LogP contribution in [0.15, 0.2) is 0 Å². The zero-order valence-electron chi connectivity index (χ0n) is 10.7. The molecular weight excluding hydrogens is 204 g/mol. The number of carbonyl (C=O) groups is 1. The number of aliphatic hydroxyl groups is 1. The summed E-state index contributed by atoms with van der Waals surface area (Å²) in [4.78, 5) is 10.8. The summed E-state index contributed by atoms with van der Waals surface area (Å²) >= 11 is 0. The van der Waals surface area contributed by atoms with Gasteiger partial charge in [-0.3, -0.25) is 4.79 Å². The molecule has 0 aromatic heterocycles. The highest BCUT2D eigenvalue weighted by atomic mass is 16.5. The van der Waals surface area contributed by atoms with Crippen molar-refractivity contribution in [3.8, 4) is 0 Å². The number of aliphatic hydroxyl groups excluding tert-OH is 1. The molecule has 0 aliphatic carbocycles. The number of hydrogen-bond donors (Lipinski definition) is 1. The number of esters is 1. The van der Waals surface area contributed by atoms with Crippen molar-refractivity contribution in [1.29, 1.82) is 0 Å². The van der Waals surface area contributed by atoms with E-state index in [1.807, 2.05) is 0 Å². The van der Waals surface area contributed by atoms with E-state index in [2.05, 4.69) is 11.7 Å². The average Bonchev–Trinajstić information content (AvgIpc) is 2.30. The Kier molecular flexibility index (Phi) is 10.5. The third kappa shape index (κ3) is 9.97. The number of ether oxygens (including phenoxy) is 1. The van der Waals surface area contributed by atoms with Crippen LogP contribution in [0.5, 0.6) is 0 Å². The Bertz CT molecular complexity index is 169. The minimum Gasteiger partial charge on any atom is -0.469 e. The maximum atomic E-state index is 10.8. The summed E-state index contributed by atoms with van der Waals surface area (Å²) in [5.74, 6) is -0.155. The molecule has 0 aromatic rings. The molecule has 3 nitrogen and oxygen atoms in total. The zero-order chi connectivity index (χ0) is 12.2. The van der Waals surface area contributed by atoms with Crippen LogP contribution in [-0.2, 0) is 9.53 Å². The number of hydrogen-bond acceptors (Lipinski definition) is 3. The third-order valence-electron chi connectivity index (χ3n) is 2.79. The van der Waals surface area contributed by atoms with Gasteiger partial charge in [0.05, 0.1) is 13.2 Å². The zero-order valence-corrected chi connectivity index (χ0v) is 10.7. The van der Waals surface area contributed by atoms with Gasteiger partial charge < -0.3 is 9.84 Å². The van der Waals surface area contributed by atoms with Crippen LogP contribution in [0.4, 0.5) is 0 Å². The van der Waals surface area contributed by atoms with E-state index in [1.54, 1.807) is 0 Å². The Hall–Kier alpha value is -0.570. The van der Waals surface area contributed by atoms with Crippen LogP contribution in [0, 0.1) is 0 Å². The van der Waals surface area contributed by atoms with E-state index in [9.17, 15) is 9.90 Å². The molecule has 0 fully saturated rings. The third-order valence-corrected chi connectivity index (χ3v) is 2.79. The summed E-state index contributed by atoms with van der Waals surface area (Å²) in [5, 5.41) is 9.65. The maximum Gasteiger partial charge on any atom is 0.305 e. The van der Waals surface area contributed by atoms with Gasteiger partial charge in [-0.15, -0.1) is 0 Å². The minimum absolute atomic E-state index is 0.155. The number of carbonyl (C=O) groups excluding carboxylic acids is 1. The second-order valence-electron chi connectivity index (χ2n) is 4.33. The van der Waals surface area contributed by atoms with Crippen LogP contribution >= 0.6 is 0 Å². The summed E-state index contributed by atoms with van der Waals surface area (Å²) in [6.07, 6.45) is 8.55. The Labute approximate surface area is 99.2 Å². The highest BCUT2D eigenvalue weighted by Gasteiger charge is 2.05. The van der Waals surface area contributed by atoms with E-state index < -0.39 is 0 Å². The number of methoxy groups -OCH3 is 1. The van der Waals surface area contributed by atoms with Gasteiger partial charge in [0.2, 0.25) is 0 Å². The molecule has 0 amide bonds. The predicted molar refractivity (Wildman–Crippen MR) is 65.2 cm³/mol. The number of rotatable bonds is 10. The fourth-order valence-corrected chi connectivity index (χ4v) is 1.70. The molecular formula is C13H26O3. The van der Waals surface area contributed by atoms with Crippen molar-refractivity contribution in [2.24, 2.45) is 0 Å². The molecule has 0 rings (SSSR count). The summed E-state index contributed by atoms with van der Waals surface area (Å²) in [5.41, 5.74) is 0. The molecule has 0 heterocycles. The van der Waals surface area contributed by atoms with Crippen molar-refractivity contribution in [3.05, 3.63) is 0 Å². The molecule has 0 aliphatic heterocycles. The molecule has 0 radical (unpaired) electrons. The van der Waals surface area contributed by atoms with E-state index in [0.29, 0.717) is 6.42 Å². The highest BCUT2D eigenvalue weighted by Crippen LogP contribution is 2.11. The molecule has 1 N–H and O–H groups in total. The molecule has 0 saturated heterocycles. The second-order valence-corrected chi connectivity index (χ2v) is 4.33. The molecule has 0 bridgehead atoms. The van der Waals surface area contributed by atoms with Crippen LogP contribution < -0.4 is 0 Å². The van der Waals surface area contributed by atoms with Gasteiger partial charge in [-0.25, -0.2) is 0 Å². The first-order chi connectivity index (χ1) is 7.70. The normalized spacial score (nSPS) is 12.4. The maximum absolute atomic E-state index is 10.8. The molecule has 0 aliphatic rings. The van der Waals surface area contributed by atoms with Gasteiger partial charge in [-0.05, 0) is 19.3 Å². The highest BCUT2D eigenvalue weighted by molar-refractivity contribution is 5.68. The monoisotopic (exact) mass is 230 g/mol.